The third-order valence-corrected chi connectivity index (χ3v) is 2.88. The van der Waals surface area contributed by atoms with E-state index < -0.39 is 5.97 Å². The van der Waals surface area contributed by atoms with Crippen molar-refractivity contribution >= 4 is 11.7 Å². The summed E-state index contributed by atoms with van der Waals surface area (Å²) in [7, 11) is 0. The number of hydrogen-bond acceptors (Lipinski definition) is 3. The highest BCUT2D eigenvalue weighted by Gasteiger charge is 2.06. The molecule has 1 aromatic carbocycles. The number of benzene rings is 1. The second kappa shape index (κ2) is 8.53. The summed E-state index contributed by atoms with van der Waals surface area (Å²) in [6.07, 6.45) is 2.26. The van der Waals surface area contributed by atoms with E-state index in [9.17, 15) is 4.79 Å². The average Bonchev–Trinajstić information content (AvgIpc) is 2.37. The van der Waals surface area contributed by atoms with E-state index in [2.05, 4.69) is 36.9 Å². The Hall–Kier alpha value is -1.55. The molecule has 4 heteroatoms. The lowest BCUT2D eigenvalue weighted by Gasteiger charge is -2.25. The van der Waals surface area contributed by atoms with Crippen LogP contribution in [0.15, 0.2) is 24.3 Å². The highest BCUT2D eigenvalue weighted by atomic mass is 16.5. The molecule has 0 atom stereocenters. The van der Waals surface area contributed by atoms with Gasteiger partial charge in [-0.05, 0) is 31.0 Å². The molecule has 0 heterocycles. The number of carboxylic acid groups (broad SMARTS) is 1. The van der Waals surface area contributed by atoms with E-state index >= 15 is 0 Å². The first kappa shape index (κ1) is 15.5. The molecule has 4 nitrogen and oxygen atoms in total. The maximum absolute atomic E-state index is 10.4. The number of hydrogen-bond donors (Lipinski definition) is 1. The van der Waals surface area contributed by atoms with Crippen LogP contribution in [0.2, 0.25) is 0 Å². The first-order valence-electron chi connectivity index (χ1n) is 6.74. The van der Waals surface area contributed by atoms with E-state index in [-0.39, 0.29) is 6.61 Å². The highest BCUT2D eigenvalue weighted by Crippen LogP contribution is 2.16. The number of aliphatic carboxylic acids is 1. The summed E-state index contributed by atoms with van der Waals surface area (Å²) >= 11 is 0. The van der Waals surface area contributed by atoms with E-state index in [1.807, 2.05) is 6.07 Å². The Bertz CT molecular complexity index is 393. The molecule has 0 bridgehead atoms. The Morgan fingerprint density at radius 2 is 2.16 bits per heavy atom. The number of nitrogens with zero attached hydrogens (tertiary/aromatic N) is 1. The zero-order valence-corrected chi connectivity index (χ0v) is 11.8. The quantitative estimate of drug-likeness (QED) is 0.697. The summed E-state index contributed by atoms with van der Waals surface area (Å²) in [5, 5.41) is 8.53. The second-order valence-corrected chi connectivity index (χ2v) is 4.63. The number of aryl methyl sites for hydroxylation is 1. The van der Waals surface area contributed by atoms with Crippen molar-refractivity contribution < 1.29 is 14.6 Å². The summed E-state index contributed by atoms with van der Waals surface area (Å²) in [5.74, 6) is -0.921. The van der Waals surface area contributed by atoms with Crippen LogP contribution in [0.3, 0.4) is 0 Å². The number of unbranched alkanes of at least 4 members (excludes halogenated alkanes) is 1. The van der Waals surface area contributed by atoms with Crippen LogP contribution in [0.25, 0.3) is 0 Å². The minimum atomic E-state index is -0.921. The molecule has 0 spiro atoms. The van der Waals surface area contributed by atoms with E-state index in [0.717, 1.165) is 25.9 Å². The van der Waals surface area contributed by atoms with Crippen molar-refractivity contribution in [3.05, 3.63) is 29.8 Å². The van der Waals surface area contributed by atoms with Crippen LogP contribution in [-0.2, 0) is 9.53 Å². The number of ether oxygens (including phenoxy) is 1. The van der Waals surface area contributed by atoms with Gasteiger partial charge in [-0.25, -0.2) is 4.79 Å². The van der Waals surface area contributed by atoms with Gasteiger partial charge in [0.2, 0.25) is 0 Å². The second-order valence-electron chi connectivity index (χ2n) is 4.63. The van der Waals surface area contributed by atoms with Gasteiger partial charge >= 0.3 is 5.97 Å². The van der Waals surface area contributed by atoms with Gasteiger partial charge in [0.05, 0.1) is 6.61 Å². The molecule has 1 aromatic rings. The van der Waals surface area contributed by atoms with E-state index in [0.29, 0.717) is 6.61 Å². The van der Waals surface area contributed by atoms with Gasteiger partial charge in [-0.2, -0.15) is 0 Å². The average molecular weight is 265 g/mol. The molecule has 0 aliphatic rings. The van der Waals surface area contributed by atoms with Crippen molar-refractivity contribution in [1.29, 1.82) is 0 Å². The van der Waals surface area contributed by atoms with Crippen molar-refractivity contribution in [3.63, 3.8) is 0 Å². The molecule has 0 radical (unpaired) electrons. The molecule has 19 heavy (non-hydrogen) atoms. The molecule has 1 N–H and O–H groups in total. The van der Waals surface area contributed by atoms with Crippen LogP contribution < -0.4 is 4.90 Å². The first-order valence-corrected chi connectivity index (χ1v) is 6.74. The maximum Gasteiger partial charge on any atom is 0.329 e. The largest absolute Gasteiger partial charge is 0.480 e. The smallest absolute Gasteiger partial charge is 0.329 e. The van der Waals surface area contributed by atoms with Crippen LogP contribution >= 0.6 is 0 Å². The van der Waals surface area contributed by atoms with E-state index in [1.165, 1.54) is 11.3 Å². The minimum Gasteiger partial charge on any atom is -0.480 e. The van der Waals surface area contributed by atoms with Gasteiger partial charge in [-0.15, -0.1) is 0 Å². The van der Waals surface area contributed by atoms with Gasteiger partial charge in [-0.3, -0.25) is 0 Å². The van der Waals surface area contributed by atoms with Gasteiger partial charge in [0.1, 0.15) is 6.61 Å². The number of carboxylic acids is 1. The topological polar surface area (TPSA) is 49.8 Å². The lowest BCUT2D eigenvalue weighted by molar-refractivity contribution is -0.142. The Morgan fingerprint density at radius 3 is 2.79 bits per heavy atom. The third-order valence-electron chi connectivity index (χ3n) is 2.88. The van der Waals surface area contributed by atoms with Crippen LogP contribution in [0, 0.1) is 6.92 Å². The predicted molar refractivity (Wildman–Crippen MR) is 76.8 cm³/mol. The normalized spacial score (nSPS) is 10.4. The molecule has 106 valence electrons. The van der Waals surface area contributed by atoms with Crippen LogP contribution in [0.5, 0.6) is 0 Å². The monoisotopic (exact) mass is 265 g/mol. The fourth-order valence-electron chi connectivity index (χ4n) is 1.88. The molecule has 0 aromatic heterocycles. The lowest BCUT2D eigenvalue weighted by atomic mass is 10.2. The Labute approximate surface area is 115 Å². The standard InChI is InChI=1S/C15H23NO3/c1-3-4-8-16(9-10-19-12-15(17)18)14-7-5-6-13(2)11-14/h5-7,11H,3-4,8-10,12H2,1-2H3,(H,17,18). The first-order chi connectivity index (χ1) is 9.13. The van der Waals surface area contributed by atoms with Crippen LogP contribution in [0.4, 0.5) is 5.69 Å². The zero-order valence-electron chi connectivity index (χ0n) is 11.8. The molecule has 0 amide bonds. The SMILES string of the molecule is CCCCN(CCOCC(=O)O)c1cccc(C)c1. The Morgan fingerprint density at radius 1 is 1.37 bits per heavy atom. The zero-order chi connectivity index (χ0) is 14.1. The predicted octanol–water partition coefficient (Wildman–Crippen LogP) is 2.70. The van der Waals surface area contributed by atoms with Gasteiger partial charge in [0, 0.05) is 18.8 Å². The lowest BCUT2D eigenvalue weighted by Crippen LogP contribution is -2.29. The number of anilines is 1. The van der Waals surface area contributed by atoms with Crippen molar-refractivity contribution in [2.24, 2.45) is 0 Å². The molecule has 0 aliphatic heterocycles. The molecule has 1 rings (SSSR count). The summed E-state index contributed by atoms with van der Waals surface area (Å²) < 4.78 is 5.12. The Balaban J connectivity index is 2.53. The van der Waals surface area contributed by atoms with Crippen LogP contribution in [0.1, 0.15) is 25.3 Å². The van der Waals surface area contributed by atoms with Crippen molar-refractivity contribution in [3.8, 4) is 0 Å². The number of carbonyl (C=O) groups is 1. The molecule has 0 fully saturated rings. The molecule has 0 unspecified atom stereocenters. The van der Waals surface area contributed by atoms with Crippen molar-refractivity contribution in [2.45, 2.75) is 26.7 Å². The van der Waals surface area contributed by atoms with Crippen molar-refractivity contribution in [2.75, 3.05) is 31.2 Å². The molecule has 0 saturated heterocycles. The van der Waals surface area contributed by atoms with E-state index in [4.69, 9.17) is 9.84 Å². The fourth-order valence-corrected chi connectivity index (χ4v) is 1.88. The molecular formula is C15H23NO3. The molecule has 0 aliphatic carbocycles. The third kappa shape index (κ3) is 6.25. The summed E-state index contributed by atoms with van der Waals surface area (Å²) in [6.45, 7) is 6.13. The summed E-state index contributed by atoms with van der Waals surface area (Å²) in [4.78, 5) is 12.6. The highest BCUT2D eigenvalue weighted by molar-refractivity contribution is 5.68. The summed E-state index contributed by atoms with van der Waals surface area (Å²) in [5.41, 5.74) is 2.40. The van der Waals surface area contributed by atoms with Crippen LogP contribution in [-0.4, -0.2) is 37.4 Å². The fraction of sp³-hybridized carbons (Fsp3) is 0.533. The summed E-state index contributed by atoms with van der Waals surface area (Å²) in [6, 6.07) is 8.34. The van der Waals surface area contributed by atoms with Crippen molar-refractivity contribution in [1.82, 2.24) is 0 Å². The van der Waals surface area contributed by atoms with Gasteiger partial charge in [0.15, 0.2) is 0 Å². The maximum atomic E-state index is 10.4. The Kier molecular flexibility index (Phi) is 6.97. The van der Waals surface area contributed by atoms with Gasteiger partial charge < -0.3 is 14.7 Å². The van der Waals surface area contributed by atoms with Gasteiger partial charge in [-0.1, -0.05) is 25.5 Å². The minimum absolute atomic E-state index is 0.227. The van der Waals surface area contributed by atoms with Gasteiger partial charge in [0.25, 0.3) is 0 Å². The molecule has 0 saturated carbocycles. The molecular weight excluding hydrogens is 242 g/mol. The van der Waals surface area contributed by atoms with E-state index in [1.54, 1.807) is 0 Å². The number of rotatable bonds is 9.